The number of methoxy groups -OCH3 is 1. The summed E-state index contributed by atoms with van der Waals surface area (Å²) in [6.45, 7) is 1.47. The third-order valence-electron chi connectivity index (χ3n) is 2.50. The van der Waals surface area contributed by atoms with Gasteiger partial charge in [-0.3, -0.25) is 0 Å². The molecule has 16 heavy (non-hydrogen) atoms. The van der Waals surface area contributed by atoms with Gasteiger partial charge in [0.1, 0.15) is 0 Å². The van der Waals surface area contributed by atoms with E-state index >= 15 is 0 Å². The maximum Gasteiger partial charge on any atom is 0.226 e. The van der Waals surface area contributed by atoms with Crippen LogP contribution in [-0.4, -0.2) is 46.0 Å². The number of hydrogen-bond donors (Lipinski definition) is 3. The quantitative estimate of drug-likeness (QED) is 0.635. The fraction of sp³-hybridized carbons (Fsp3) is 0.600. The molecule has 90 valence electrons. The summed E-state index contributed by atoms with van der Waals surface area (Å²) in [4.78, 5) is 8.04. The molecule has 1 rings (SSSR count). The zero-order valence-corrected chi connectivity index (χ0v) is 9.47. The summed E-state index contributed by atoms with van der Waals surface area (Å²) in [5.41, 5.74) is -0.799. The third-order valence-corrected chi connectivity index (χ3v) is 2.50. The van der Waals surface area contributed by atoms with Crippen LogP contribution in [0.2, 0.25) is 0 Å². The second-order valence-corrected chi connectivity index (χ2v) is 3.50. The van der Waals surface area contributed by atoms with E-state index in [9.17, 15) is 10.2 Å². The number of ether oxygens (including phenoxy) is 1. The highest BCUT2D eigenvalue weighted by molar-refractivity contribution is 5.31. The molecule has 0 saturated heterocycles. The van der Waals surface area contributed by atoms with E-state index in [1.54, 1.807) is 12.3 Å². The maximum absolute atomic E-state index is 9.26. The van der Waals surface area contributed by atoms with Gasteiger partial charge >= 0.3 is 0 Å². The maximum atomic E-state index is 9.26. The number of hydrogen-bond acceptors (Lipinski definition) is 6. The molecular weight excluding hydrogens is 210 g/mol. The summed E-state index contributed by atoms with van der Waals surface area (Å²) in [7, 11) is 1.51. The Hall–Kier alpha value is -1.40. The standard InChI is InChI=1S/C10H17N3O3/c1-3-10(6-14,7-15)13-9-11-5-4-8(12-9)16-2/h4-5,14-15H,3,6-7H2,1-2H3,(H,11,12,13). The van der Waals surface area contributed by atoms with Crippen LogP contribution in [0.15, 0.2) is 12.3 Å². The Morgan fingerprint density at radius 3 is 2.62 bits per heavy atom. The molecule has 1 heterocycles. The van der Waals surface area contributed by atoms with Crippen LogP contribution in [0.3, 0.4) is 0 Å². The van der Waals surface area contributed by atoms with Gasteiger partial charge in [0.2, 0.25) is 11.8 Å². The molecule has 0 aliphatic carbocycles. The molecule has 0 unspecified atom stereocenters. The van der Waals surface area contributed by atoms with Gasteiger partial charge in [-0.25, -0.2) is 4.98 Å². The van der Waals surface area contributed by atoms with Crippen LogP contribution in [0.5, 0.6) is 5.88 Å². The van der Waals surface area contributed by atoms with Crippen LogP contribution in [0.25, 0.3) is 0 Å². The number of rotatable bonds is 6. The van der Waals surface area contributed by atoms with Crippen molar-refractivity contribution in [1.82, 2.24) is 9.97 Å². The van der Waals surface area contributed by atoms with Crippen molar-refractivity contribution in [3.05, 3.63) is 12.3 Å². The molecule has 0 fully saturated rings. The molecule has 3 N–H and O–H groups in total. The summed E-state index contributed by atoms with van der Waals surface area (Å²) in [5, 5.41) is 21.4. The topological polar surface area (TPSA) is 87.5 Å². The Bertz CT molecular complexity index is 321. The molecule has 0 aromatic carbocycles. The molecule has 6 nitrogen and oxygen atoms in total. The van der Waals surface area contributed by atoms with E-state index in [0.29, 0.717) is 18.2 Å². The number of anilines is 1. The average molecular weight is 227 g/mol. The normalized spacial score (nSPS) is 11.2. The van der Waals surface area contributed by atoms with Gasteiger partial charge in [0, 0.05) is 12.3 Å². The largest absolute Gasteiger partial charge is 0.481 e. The van der Waals surface area contributed by atoms with Gasteiger partial charge in [-0.1, -0.05) is 6.92 Å². The molecule has 0 aliphatic heterocycles. The third kappa shape index (κ3) is 2.80. The van der Waals surface area contributed by atoms with Crippen molar-refractivity contribution >= 4 is 5.95 Å². The first kappa shape index (κ1) is 12.7. The fourth-order valence-electron chi connectivity index (χ4n) is 1.19. The van der Waals surface area contributed by atoms with Gasteiger partial charge < -0.3 is 20.3 Å². The lowest BCUT2D eigenvalue weighted by Gasteiger charge is -2.29. The minimum absolute atomic E-state index is 0.194. The number of aliphatic hydroxyl groups is 2. The van der Waals surface area contributed by atoms with E-state index < -0.39 is 5.54 Å². The van der Waals surface area contributed by atoms with Crippen LogP contribution >= 0.6 is 0 Å². The molecule has 0 amide bonds. The van der Waals surface area contributed by atoms with Crippen LogP contribution in [0.4, 0.5) is 5.95 Å². The highest BCUT2D eigenvalue weighted by Crippen LogP contribution is 2.16. The van der Waals surface area contributed by atoms with E-state index in [1.165, 1.54) is 7.11 Å². The van der Waals surface area contributed by atoms with Gasteiger partial charge in [0.25, 0.3) is 0 Å². The number of nitrogens with one attached hydrogen (secondary N) is 1. The lowest BCUT2D eigenvalue weighted by molar-refractivity contribution is 0.132. The van der Waals surface area contributed by atoms with Crippen molar-refractivity contribution in [2.75, 3.05) is 25.6 Å². The molecular formula is C10H17N3O3. The predicted molar refractivity (Wildman–Crippen MR) is 59.4 cm³/mol. The molecule has 0 spiro atoms. The first-order valence-corrected chi connectivity index (χ1v) is 5.06. The van der Waals surface area contributed by atoms with Crippen molar-refractivity contribution in [2.45, 2.75) is 18.9 Å². The van der Waals surface area contributed by atoms with Crippen molar-refractivity contribution < 1.29 is 14.9 Å². The Labute approximate surface area is 94.3 Å². The Morgan fingerprint density at radius 2 is 2.12 bits per heavy atom. The molecule has 1 aromatic heterocycles. The van der Waals surface area contributed by atoms with Crippen LogP contribution < -0.4 is 10.1 Å². The highest BCUT2D eigenvalue weighted by atomic mass is 16.5. The Morgan fingerprint density at radius 1 is 1.44 bits per heavy atom. The first-order valence-electron chi connectivity index (χ1n) is 5.06. The van der Waals surface area contributed by atoms with Crippen LogP contribution in [0, 0.1) is 0 Å². The smallest absolute Gasteiger partial charge is 0.226 e. The first-order chi connectivity index (χ1) is 7.69. The molecule has 0 radical (unpaired) electrons. The van der Waals surface area contributed by atoms with E-state index in [4.69, 9.17) is 4.74 Å². The van der Waals surface area contributed by atoms with Crippen LogP contribution in [0.1, 0.15) is 13.3 Å². The zero-order valence-electron chi connectivity index (χ0n) is 9.47. The van der Waals surface area contributed by atoms with Gasteiger partial charge in [0.05, 0.1) is 25.9 Å². The van der Waals surface area contributed by atoms with E-state index in [2.05, 4.69) is 15.3 Å². The molecule has 0 atom stereocenters. The van der Waals surface area contributed by atoms with Crippen molar-refractivity contribution in [3.63, 3.8) is 0 Å². The minimum atomic E-state index is -0.799. The lowest BCUT2D eigenvalue weighted by atomic mass is 9.99. The summed E-state index contributed by atoms with van der Waals surface area (Å²) < 4.78 is 4.95. The number of aromatic nitrogens is 2. The predicted octanol–water partition coefficient (Wildman–Crippen LogP) is 0.0305. The summed E-state index contributed by atoms with van der Waals surface area (Å²) in [6.07, 6.45) is 2.10. The molecule has 0 saturated carbocycles. The molecule has 0 aliphatic rings. The summed E-state index contributed by atoms with van der Waals surface area (Å²) >= 11 is 0. The number of aliphatic hydroxyl groups excluding tert-OH is 2. The SMILES string of the molecule is CCC(CO)(CO)Nc1nccc(OC)n1. The van der Waals surface area contributed by atoms with Crippen molar-refractivity contribution in [1.29, 1.82) is 0 Å². The molecule has 1 aromatic rings. The van der Waals surface area contributed by atoms with Gasteiger partial charge in [-0.05, 0) is 6.42 Å². The monoisotopic (exact) mass is 227 g/mol. The Kier molecular flexibility index (Phi) is 4.45. The number of nitrogens with zero attached hydrogens (tertiary/aromatic N) is 2. The van der Waals surface area contributed by atoms with E-state index in [-0.39, 0.29) is 13.2 Å². The minimum Gasteiger partial charge on any atom is -0.481 e. The molecule has 6 heteroatoms. The lowest BCUT2D eigenvalue weighted by Crippen LogP contribution is -2.45. The van der Waals surface area contributed by atoms with Crippen molar-refractivity contribution in [2.24, 2.45) is 0 Å². The summed E-state index contributed by atoms with van der Waals surface area (Å²) in [5.74, 6) is 0.752. The van der Waals surface area contributed by atoms with Gasteiger partial charge in [-0.2, -0.15) is 4.98 Å². The van der Waals surface area contributed by atoms with E-state index in [0.717, 1.165) is 0 Å². The summed E-state index contributed by atoms with van der Waals surface area (Å²) in [6, 6.07) is 1.62. The Balaban J connectivity index is 2.84. The second-order valence-electron chi connectivity index (χ2n) is 3.50. The van der Waals surface area contributed by atoms with Crippen molar-refractivity contribution in [3.8, 4) is 5.88 Å². The zero-order chi connectivity index (χ0) is 12.0. The molecule has 0 bridgehead atoms. The average Bonchev–Trinajstić information content (AvgIpc) is 2.36. The van der Waals surface area contributed by atoms with Gasteiger partial charge in [0.15, 0.2) is 0 Å². The second kappa shape index (κ2) is 5.62. The van der Waals surface area contributed by atoms with E-state index in [1.807, 2.05) is 6.92 Å². The highest BCUT2D eigenvalue weighted by Gasteiger charge is 2.27. The van der Waals surface area contributed by atoms with Crippen LogP contribution in [-0.2, 0) is 0 Å². The van der Waals surface area contributed by atoms with Gasteiger partial charge in [-0.15, -0.1) is 0 Å². The fourth-order valence-corrected chi connectivity index (χ4v) is 1.19.